The maximum atomic E-state index is 8.80. The van der Waals surface area contributed by atoms with Crippen LogP contribution >= 0.6 is 35.3 Å². The first kappa shape index (κ1) is 19.5. The lowest BCUT2D eigenvalue weighted by Gasteiger charge is -2.21. The lowest BCUT2D eigenvalue weighted by Crippen LogP contribution is -2.39. The molecule has 0 aliphatic rings. The topological polar surface area (TPSA) is 51.4 Å². The summed E-state index contributed by atoms with van der Waals surface area (Å²) in [7, 11) is 3.84. The smallest absolute Gasteiger partial charge is 0.193 e. The number of nitrogens with zero attached hydrogens (tertiary/aromatic N) is 3. The minimum atomic E-state index is 0. The summed E-state index contributed by atoms with van der Waals surface area (Å²) in [5.74, 6) is 0.876. The van der Waals surface area contributed by atoms with Crippen molar-refractivity contribution in [2.24, 2.45) is 4.99 Å². The van der Waals surface area contributed by atoms with Gasteiger partial charge in [0.15, 0.2) is 5.96 Å². The number of thiophene rings is 1. The minimum absolute atomic E-state index is 0. The molecule has 1 heterocycles. The minimum Gasteiger partial charge on any atom is -0.352 e. The van der Waals surface area contributed by atoms with Gasteiger partial charge in [-0.25, -0.2) is 0 Å². The van der Waals surface area contributed by atoms with Gasteiger partial charge >= 0.3 is 0 Å². The van der Waals surface area contributed by atoms with E-state index < -0.39 is 0 Å². The van der Waals surface area contributed by atoms with Crippen LogP contribution in [0.2, 0.25) is 0 Å². The van der Waals surface area contributed by atoms with Crippen LogP contribution in [0.15, 0.2) is 46.8 Å². The van der Waals surface area contributed by atoms with Crippen molar-refractivity contribution >= 4 is 41.3 Å². The molecule has 0 spiro atoms. The van der Waals surface area contributed by atoms with Crippen molar-refractivity contribution in [3.8, 4) is 6.07 Å². The Balaban J connectivity index is 0.00000264. The van der Waals surface area contributed by atoms with Gasteiger partial charge in [0.25, 0.3) is 0 Å². The Morgan fingerprint density at radius 2 is 2.04 bits per heavy atom. The van der Waals surface area contributed by atoms with Gasteiger partial charge in [-0.05, 0) is 35.6 Å². The van der Waals surface area contributed by atoms with Crippen molar-refractivity contribution in [1.82, 2.24) is 10.2 Å². The number of nitrogens with one attached hydrogen (secondary N) is 1. The number of hydrogen-bond acceptors (Lipinski definition) is 3. The van der Waals surface area contributed by atoms with E-state index in [1.807, 2.05) is 31.3 Å². The van der Waals surface area contributed by atoms with Crippen LogP contribution < -0.4 is 5.32 Å². The summed E-state index contributed by atoms with van der Waals surface area (Å²) in [6.45, 7) is 1.62. The molecule has 23 heavy (non-hydrogen) atoms. The summed E-state index contributed by atoms with van der Waals surface area (Å²) in [4.78, 5) is 7.83. The highest BCUT2D eigenvalue weighted by molar-refractivity contribution is 14.0. The largest absolute Gasteiger partial charge is 0.352 e. The predicted molar refractivity (Wildman–Crippen MR) is 107 cm³/mol. The molecule has 1 aromatic heterocycles. The van der Waals surface area contributed by atoms with E-state index in [2.05, 4.69) is 38.8 Å². The third-order valence-corrected chi connectivity index (χ3v) is 4.32. The van der Waals surface area contributed by atoms with E-state index in [-0.39, 0.29) is 24.0 Å². The number of benzene rings is 1. The van der Waals surface area contributed by atoms with Crippen molar-refractivity contribution in [3.63, 3.8) is 0 Å². The van der Waals surface area contributed by atoms with Gasteiger partial charge < -0.3 is 10.2 Å². The summed E-state index contributed by atoms with van der Waals surface area (Å²) in [6, 6.07) is 14.0. The van der Waals surface area contributed by atoms with Crippen LogP contribution in [0.3, 0.4) is 0 Å². The second-order valence-electron chi connectivity index (χ2n) is 4.96. The molecule has 1 N–H and O–H groups in total. The van der Waals surface area contributed by atoms with Crippen molar-refractivity contribution in [3.05, 3.63) is 57.8 Å². The lowest BCUT2D eigenvalue weighted by atomic mass is 10.1. The molecule has 0 unspecified atom stereocenters. The highest BCUT2D eigenvalue weighted by Gasteiger charge is 2.06. The highest BCUT2D eigenvalue weighted by atomic mass is 127. The highest BCUT2D eigenvalue weighted by Crippen LogP contribution is 2.09. The summed E-state index contributed by atoms with van der Waals surface area (Å²) in [6.07, 6.45) is 1.02. The molecule has 0 fully saturated rings. The Hall–Kier alpha value is -1.59. The van der Waals surface area contributed by atoms with Crippen molar-refractivity contribution in [2.45, 2.75) is 13.0 Å². The zero-order valence-electron chi connectivity index (χ0n) is 13.3. The summed E-state index contributed by atoms with van der Waals surface area (Å²) in [5, 5.41) is 14.3. The molecule has 1 aromatic carbocycles. The number of nitriles is 1. The summed E-state index contributed by atoms with van der Waals surface area (Å²) < 4.78 is 0. The normalized spacial score (nSPS) is 10.6. The van der Waals surface area contributed by atoms with E-state index in [1.165, 1.54) is 4.88 Å². The molecule has 122 valence electrons. The van der Waals surface area contributed by atoms with Gasteiger partial charge in [0, 0.05) is 32.1 Å². The number of rotatable bonds is 5. The second kappa shape index (κ2) is 10.2. The van der Waals surface area contributed by atoms with Gasteiger partial charge in [-0.15, -0.1) is 35.3 Å². The van der Waals surface area contributed by atoms with Gasteiger partial charge in [-0.3, -0.25) is 4.99 Å². The molecular formula is C17H21IN4S. The van der Waals surface area contributed by atoms with Crippen LogP contribution in [-0.2, 0) is 13.0 Å². The van der Waals surface area contributed by atoms with Crippen LogP contribution in [0.5, 0.6) is 0 Å². The fourth-order valence-electron chi connectivity index (χ4n) is 2.10. The van der Waals surface area contributed by atoms with Crippen LogP contribution in [0.25, 0.3) is 0 Å². The van der Waals surface area contributed by atoms with Gasteiger partial charge in [0.05, 0.1) is 11.6 Å². The fourth-order valence-corrected chi connectivity index (χ4v) is 2.80. The molecule has 6 heteroatoms. The van der Waals surface area contributed by atoms with E-state index in [9.17, 15) is 0 Å². The quantitative estimate of drug-likeness (QED) is 0.440. The van der Waals surface area contributed by atoms with Gasteiger partial charge in [0.1, 0.15) is 0 Å². The molecule has 0 aliphatic carbocycles. The summed E-state index contributed by atoms with van der Waals surface area (Å²) >= 11 is 1.78. The van der Waals surface area contributed by atoms with Crippen LogP contribution in [0.4, 0.5) is 0 Å². The second-order valence-corrected chi connectivity index (χ2v) is 5.99. The van der Waals surface area contributed by atoms with Gasteiger partial charge in [-0.1, -0.05) is 18.2 Å². The van der Waals surface area contributed by atoms with Gasteiger partial charge in [-0.2, -0.15) is 5.26 Å². The molecule has 0 amide bonds. The number of guanidine groups is 1. The average molecular weight is 440 g/mol. The SMILES string of the molecule is CN=C(NCc1ccc(C#N)cc1)N(C)CCc1cccs1.I. The van der Waals surface area contributed by atoms with Crippen molar-refractivity contribution < 1.29 is 0 Å². The molecule has 2 aromatic rings. The van der Waals surface area contributed by atoms with Gasteiger partial charge in [0.2, 0.25) is 0 Å². The molecule has 0 aliphatic heterocycles. The first-order valence-electron chi connectivity index (χ1n) is 7.16. The Morgan fingerprint density at radius 3 is 2.61 bits per heavy atom. The molecule has 4 nitrogen and oxygen atoms in total. The maximum absolute atomic E-state index is 8.80. The number of hydrogen-bond donors (Lipinski definition) is 1. The maximum Gasteiger partial charge on any atom is 0.193 e. The zero-order chi connectivity index (χ0) is 15.8. The van der Waals surface area contributed by atoms with Crippen molar-refractivity contribution in [2.75, 3.05) is 20.6 Å². The van der Waals surface area contributed by atoms with E-state index in [0.717, 1.165) is 24.5 Å². The van der Waals surface area contributed by atoms with E-state index >= 15 is 0 Å². The van der Waals surface area contributed by atoms with Crippen molar-refractivity contribution in [1.29, 1.82) is 5.26 Å². The molecular weight excluding hydrogens is 419 g/mol. The van der Waals surface area contributed by atoms with Crippen LogP contribution in [0.1, 0.15) is 16.0 Å². The molecule has 0 atom stereocenters. The zero-order valence-corrected chi connectivity index (χ0v) is 16.5. The lowest BCUT2D eigenvalue weighted by molar-refractivity contribution is 0.486. The Kier molecular flexibility index (Phi) is 8.66. The third kappa shape index (κ3) is 6.20. The Labute approximate surface area is 158 Å². The first-order chi connectivity index (χ1) is 10.7. The molecule has 0 bridgehead atoms. The molecule has 2 rings (SSSR count). The average Bonchev–Trinajstić information content (AvgIpc) is 3.07. The first-order valence-corrected chi connectivity index (χ1v) is 8.04. The van der Waals surface area contributed by atoms with Crippen LogP contribution in [0, 0.1) is 11.3 Å². The fraction of sp³-hybridized carbons (Fsp3) is 0.294. The molecule has 0 saturated carbocycles. The van der Waals surface area contributed by atoms with E-state index in [0.29, 0.717) is 12.1 Å². The Bertz CT molecular complexity index is 644. The number of aliphatic imine (C=N–C) groups is 1. The van der Waals surface area contributed by atoms with E-state index in [1.54, 1.807) is 18.4 Å². The number of likely N-dealkylation sites (N-methyl/N-ethyl adjacent to an activating group) is 1. The monoisotopic (exact) mass is 440 g/mol. The molecule has 0 radical (unpaired) electrons. The third-order valence-electron chi connectivity index (χ3n) is 3.38. The van der Waals surface area contributed by atoms with E-state index in [4.69, 9.17) is 5.26 Å². The predicted octanol–water partition coefficient (Wildman–Crippen LogP) is 3.49. The standard InChI is InChI=1S/C17H20N4S.HI/c1-19-17(21(2)10-9-16-4-3-11-22-16)20-13-15-7-5-14(12-18)6-8-15;/h3-8,11H,9-10,13H2,1-2H3,(H,19,20);1H. The molecule has 0 saturated heterocycles. The number of halogens is 1. The Morgan fingerprint density at radius 1 is 1.30 bits per heavy atom. The van der Waals surface area contributed by atoms with Crippen LogP contribution in [-0.4, -0.2) is 31.5 Å². The summed E-state index contributed by atoms with van der Waals surface area (Å²) in [5.41, 5.74) is 1.81.